The second-order valence-corrected chi connectivity index (χ2v) is 9.49. The van der Waals surface area contributed by atoms with E-state index in [0.717, 1.165) is 73.8 Å². The summed E-state index contributed by atoms with van der Waals surface area (Å²) in [5, 5.41) is 8.99. The van der Waals surface area contributed by atoms with Crippen LogP contribution in [0, 0.1) is 5.92 Å². The normalized spacial score (nSPS) is 17.5. The molecule has 2 aliphatic rings. The average molecular weight is 451 g/mol. The highest BCUT2D eigenvalue weighted by atomic mass is 32.2. The fourth-order valence-electron chi connectivity index (χ4n) is 4.58. The SMILES string of the molecule is OCCCN1CCC(CCCN2c3ccccc3Sc3ccc(C(F)(F)F)cc32)CC1. The van der Waals surface area contributed by atoms with Gasteiger partial charge >= 0.3 is 6.18 Å². The number of piperidine rings is 1. The van der Waals surface area contributed by atoms with Crippen molar-refractivity contribution in [2.45, 2.75) is 48.1 Å². The monoisotopic (exact) mass is 450 g/mol. The number of aliphatic hydroxyl groups excluding tert-OH is 1. The lowest BCUT2D eigenvalue weighted by atomic mass is 9.92. The fourth-order valence-corrected chi connectivity index (χ4v) is 5.65. The molecule has 0 amide bonds. The number of hydrogen-bond donors (Lipinski definition) is 1. The molecule has 2 aromatic carbocycles. The quantitative estimate of drug-likeness (QED) is 0.545. The second-order valence-electron chi connectivity index (χ2n) is 8.41. The Kier molecular flexibility index (Phi) is 7.14. The average Bonchev–Trinajstić information content (AvgIpc) is 2.77. The van der Waals surface area contributed by atoms with Crippen LogP contribution in [0.15, 0.2) is 52.3 Å². The maximum absolute atomic E-state index is 13.3. The Labute approximate surface area is 186 Å². The summed E-state index contributed by atoms with van der Waals surface area (Å²) in [6.07, 6.45) is 0.853. The maximum Gasteiger partial charge on any atom is 0.416 e. The lowest BCUT2D eigenvalue weighted by Crippen LogP contribution is -2.35. The Bertz CT molecular complexity index is 881. The summed E-state index contributed by atoms with van der Waals surface area (Å²) in [5.41, 5.74) is 1.07. The van der Waals surface area contributed by atoms with Gasteiger partial charge in [0.1, 0.15) is 0 Å². The number of rotatable bonds is 7. The van der Waals surface area contributed by atoms with Gasteiger partial charge in [-0.3, -0.25) is 0 Å². The van der Waals surface area contributed by atoms with Gasteiger partial charge in [0.05, 0.1) is 16.9 Å². The number of nitrogens with zero attached hydrogens (tertiary/aromatic N) is 2. The summed E-state index contributed by atoms with van der Waals surface area (Å²) in [6.45, 7) is 4.07. The van der Waals surface area contributed by atoms with Crippen molar-refractivity contribution in [2.75, 3.05) is 37.7 Å². The third-order valence-corrected chi connectivity index (χ3v) is 7.42. The molecule has 1 saturated heterocycles. The molecule has 3 nitrogen and oxygen atoms in total. The zero-order chi connectivity index (χ0) is 21.8. The smallest absolute Gasteiger partial charge is 0.396 e. The van der Waals surface area contributed by atoms with Gasteiger partial charge in [-0.1, -0.05) is 23.9 Å². The predicted octanol–water partition coefficient (Wildman–Crippen LogP) is 6.18. The molecule has 1 fully saturated rings. The van der Waals surface area contributed by atoms with Crippen molar-refractivity contribution < 1.29 is 18.3 Å². The lowest BCUT2D eigenvalue weighted by Gasteiger charge is -2.35. The van der Waals surface area contributed by atoms with Gasteiger partial charge in [-0.25, -0.2) is 0 Å². The zero-order valence-electron chi connectivity index (χ0n) is 17.6. The van der Waals surface area contributed by atoms with Crippen LogP contribution in [0.1, 0.15) is 37.7 Å². The van der Waals surface area contributed by atoms with Crippen LogP contribution in [0.25, 0.3) is 0 Å². The number of alkyl halides is 3. The van der Waals surface area contributed by atoms with Crippen LogP contribution < -0.4 is 4.90 Å². The largest absolute Gasteiger partial charge is 0.416 e. The van der Waals surface area contributed by atoms with E-state index in [2.05, 4.69) is 9.80 Å². The predicted molar refractivity (Wildman–Crippen MR) is 119 cm³/mol. The van der Waals surface area contributed by atoms with Crippen molar-refractivity contribution >= 4 is 23.1 Å². The van der Waals surface area contributed by atoms with Crippen molar-refractivity contribution in [2.24, 2.45) is 5.92 Å². The number of aliphatic hydroxyl groups is 1. The lowest BCUT2D eigenvalue weighted by molar-refractivity contribution is -0.137. The Morgan fingerprint density at radius 3 is 2.42 bits per heavy atom. The third kappa shape index (κ3) is 5.38. The van der Waals surface area contributed by atoms with Crippen LogP contribution in [0.5, 0.6) is 0 Å². The second kappa shape index (κ2) is 9.84. The van der Waals surface area contributed by atoms with Crippen LogP contribution in [-0.2, 0) is 6.18 Å². The van der Waals surface area contributed by atoms with Crippen LogP contribution in [-0.4, -0.2) is 42.8 Å². The summed E-state index contributed by atoms with van der Waals surface area (Å²) in [5.74, 6) is 0.667. The number of anilines is 2. The standard InChI is InChI=1S/C24H29F3N2OS/c25-24(26,27)19-8-9-23-21(17-19)29(20-6-1-2-7-22(20)31-23)13-3-5-18-10-14-28(15-11-18)12-4-16-30/h1-2,6-9,17-18,30H,3-5,10-16H2. The van der Waals surface area contributed by atoms with Crippen molar-refractivity contribution in [3.63, 3.8) is 0 Å². The van der Waals surface area contributed by atoms with E-state index in [1.165, 1.54) is 12.1 Å². The molecule has 0 saturated carbocycles. The summed E-state index contributed by atoms with van der Waals surface area (Å²) >= 11 is 1.54. The highest BCUT2D eigenvalue weighted by Gasteiger charge is 2.33. The van der Waals surface area contributed by atoms with Crippen LogP contribution in [0.4, 0.5) is 24.5 Å². The Morgan fingerprint density at radius 1 is 0.935 bits per heavy atom. The van der Waals surface area contributed by atoms with E-state index in [1.807, 2.05) is 24.3 Å². The van der Waals surface area contributed by atoms with E-state index in [-0.39, 0.29) is 6.61 Å². The number of fused-ring (bicyclic) bond motifs is 2. The molecule has 0 bridgehead atoms. The van der Waals surface area contributed by atoms with Crippen molar-refractivity contribution in [1.29, 1.82) is 0 Å². The molecule has 1 N–H and O–H groups in total. The maximum atomic E-state index is 13.3. The topological polar surface area (TPSA) is 26.7 Å². The third-order valence-electron chi connectivity index (χ3n) is 6.29. The first kappa shape index (κ1) is 22.5. The molecule has 0 aliphatic carbocycles. The van der Waals surface area contributed by atoms with Gasteiger partial charge < -0.3 is 14.9 Å². The molecule has 0 aromatic heterocycles. The molecule has 2 aromatic rings. The summed E-state index contributed by atoms with van der Waals surface area (Å²) in [4.78, 5) is 6.46. The Balaban J connectivity index is 1.43. The minimum absolute atomic E-state index is 0.243. The van der Waals surface area contributed by atoms with E-state index in [1.54, 1.807) is 17.8 Å². The molecule has 0 spiro atoms. The molecule has 0 atom stereocenters. The first-order valence-corrected chi connectivity index (χ1v) is 11.9. The summed E-state index contributed by atoms with van der Waals surface area (Å²) in [7, 11) is 0. The number of likely N-dealkylation sites (tertiary alicyclic amines) is 1. The van der Waals surface area contributed by atoms with Gasteiger partial charge in [-0.05, 0) is 81.4 Å². The van der Waals surface area contributed by atoms with Crippen molar-refractivity contribution in [3.8, 4) is 0 Å². The molecule has 31 heavy (non-hydrogen) atoms. The van der Waals surface area contributed by atoms with Crippen LogP contribution >= 0.6 is 11.8 Å². The molecular formula is C24H29F3N2OS. The highest BCUT2D eigenvalue weighted by Crippen LogP contribution is 2.49. The molecule has 2 heterocycles. The van der Waals surface area contributed by atoms with E-state index < -0.39 is 11.7 Å². The fraction of sp³-hybridized carbons (Fsp3) is 0.500. The van der Waals surface area contributed by atoms with Crippen LogP contribution in [0.3, 0.4) is 0 Å². The van der Waals surface area contributed by atoms with Gasteiger partial charge in [0, 0.05) is 29.5 Å². The summed E-state index contributed by atoms with van der Waals surface area (Å²) < 4.78 is 40.0. The summed E-state index contributed by atoms with van der Waals surface area (Å²) in [6, 6.07) is 12.1. The Hall–Kier alpha value is -1.70. The highest BCUT2D eigenvalue weighted by molar-refractivity contribution is 7.99. The van der Waals surface area contributed by atoms with E-state index in [9.17, 15) is 13.2 Å². The van der Waals surface area contributed by atoms with Gasteiger partial charge in [0.25, 0.3) is 0 Å². The molecule has 7 heteroatoms. The molecule has 0 radical (unpaired) electrons. The molecule has 4 rings (SSSR count). The first-order valence-electron chi connectivity index (χ1n) is 11.0. The van der Waals surface area contributed by atoms with Gasteiger partial charge in [-0.2, -0.15) is 13.2 Å². The van der Waals surface area contributed by atoms with Crippen LogP contribution in [0.2, 0.25) is 0 Å². The molecule has 168 valence electrons. The number of benzene rings is 2. The van der Waals surface area contributed by atoms with E-state index in [0.29, 0.717) is 11.6 Å². The van der Waals surface area contributed by atoms with Gasteiger partial charge in [0.15, 0.2) is 0 Å². The van der Waals surface area contributed by atoms with E-state index >= 15 is 0 Å². The molecule has 0 unspecified atom stereocenters. The minimum atomic E-state index is -4.34. The van der Waals surface area contributed by atoms with Crippen molar-refractivity contribution in [1.82, 2.24) is 4.90 Å². The first-order chi connectivity index (χ1) is 15.0. The Morgan fingerprint density at radius 2 is 1.68 bits per heavy atom. The molecular weight excluding hydrogens is 421 g/mol. The van der Waals surface area contributed by atoms with Gasteiger partial charge in [-0.15, -0.1) is 0 Å². The zero-order valence-corrected chi connectivity index (χ0v) is 18.4. The minimum Gasteiger partial charge on any atom is -0.396 e. The molecule has 2 aliphatic heterocycles. The number of para-hydroxylation sites is 1. The number of halogens is 3. The van der Waals surface area contributed by atoms with E-state index in [4.69, 9.17) is 5.11 Å². The number of hydrogen-bond acceptors (Lipinski definition) is 4. The van der Waals surface area contributed by atoms with Crippen molar-refractivity contribution in [3.05, 3.63) is 48.0 Å². The van der Waals surface area contributed by atoms with Gasteiger partial charge in [0.2, 0.25) is 0 Å².